The average molecular weight is 190 g/mol. The Kier molecular flexibility index (Phi) is 2.39. The van der Waals surface area contributed by atoms with E-state index in [9.17, 15) is 0 Å². The lowest BCUT2D eigenvalue weighted by Gasteiger charge is -2.17. The van der Waals surface area contributed by atoms with Crippen LogP contribution in [0.5, 0.6) is 0 Å². The SMILES string of the molecule is CCOC(=N)N1Cc2ccccc2C1. The highest BCUT2D eigenvalue weighted by Gasteiger charge is 2.20. The molecule has 3 nitrogen and oxygen atoms in total. The molecule has 3 heteroatoms. The van der Waals surface area contributed by atoms with Gasteiger partial charge in [-0.3, -0.25) is 5.41 Å². The zero-order valence-electron chi connectivity index (χ0n) is 8.29. The molecule has 1 aromatic carbocycles. The fraction of sp³-hybridized carbons (Fsp3) is 0.364. The first-order valence-electron chi connectivity index (χ1n) is 4.84. The Bertz CT molecular complexity index is 324. The Morgan fingerprint density at radius 2 is 1.93 bits per heavy atom. The Morgan fingerprint density at radius 1 is 1.36 bits per heavy atom. The summed E-state index contributed by atoms with van der Waals surface area (Å²) in [7, 11) is 0. The molecule has 1 heterocycles. The number of hydrogen-bond donors (Lipinski definition) is 1. The van der Waals surface area contributed by atoms with Crippen molar-refractivity contribution in [3.05, 3.63) is 35.4 Å². The Balaban J connectivity index is 2.08. The second-order valence-corrected chi connectivity index (χ2v) is 3.36. The number of benzene rings is 1. The van der Waals surface area contributed by atoms with Gasteiger partial charge in [-0.1, -0.05) is 24.3 Å². The molecular weight excluding hydrogens is 176 g/mol. The van der Waals surface area contributed by atoms with Gasteiger partial charge in [0.25, 0.3) is 6.02 Å². The van der Waals surface area contributed by atoms with E-state index < -0.39 is 0 Å². The highest BCUT2D eigenvalue weighted by Crippen LogP contribution is 2.22. The summed E-state index contributed by atoms with van der Waals surface area (Å²) in [6.07, 6.45) is 0. The molecule has 0 spiro atoms. The maximum atomic E-state index is 7.67. The second-order valence-electron chi connectivity index (χ2n) is 3.36. The lowest BCUT2D eigenvalue weighted by atomic mass is 10.1. The Hall–Kier alpha value is -1.51. The van der Waals surface area contributed by atoms with Gasteiger partial charge in [0.15, 0.2) is 0 Å². The van der Waals surface area contributed by atoms with Crippen molar-refractivity contribution < 1.29 is 4.74 Å². The molecule has 0 fully saturated rings. The summed E-state index contributed by atoms with van der Waals surface area (Å²) >= 11 is 0. The topological polar surface area (TPSA) is 36.3 Å². The maximum Gasteiger partial charge on any atom is 0.284 e. The quantitative estimate of drug-likeness (QED) is 0.543. The summed E-state index contributed by atoms with van der Waals surface area (Å²) in [4.78, 5) is 1.94. The van der Waals surface area contributed by atoms with E-state index >= 15 is 0 Å². The van der Waals surface area contributed by atoms with Gasteiger partial charge >= 0.3 is 0 Å². The molecule has 0 atom stereocenters. The van der Waals surface area contributed by atoms with Gasteiger partial charge in [-0.05, 0) is 18.1 Å². The maximum absolute atomic E-state index is 7.67. The molecule has 14 heavy (non-hydrogen) atoms. The van der Waals surface area contributed by atoms with Crippen molar-refractivity contribution in [1.82, 2.24) is 4.90 Å². The zero-order valence-corrected chi connectivity index (χ0v) is 8.29. The number of rotatable bonds is 1. The van der Waals surface area contributed by atoms with Crippen LogP contribution in [0.15, 0.2) is 24.3 Å². The minimum Gasteiger partial charge on any atom is -0.466 e. The molecule has 0 aromatic heterocycles. The third-order valence-corrected chi connectivity index (χ3v) is 2.41. The third kappa shape index (κ3) is 1.58. The van der Waals surface area contributed by atoms with Gasteiger partial charge in [0.1, 0.15) is 0 Å². The third-order valence-electron chi connectivity index (χ3n) is 2.41. The number of amidine groups is 1. The number of fused-ring (bicyclic) bond motifs is 1. The Labute approximate surface area is 83.8 Å². The first kappa shape index (κ1) is 9.06. The van der Waals surface area contributed by atoms with Crippen LogP contribution in [0.2, 0.25) is 0 Å². The van der Waals surface area contributed by atoms with Gasteiger partial charge in [-0.15, -0.1) is 0 Å². The van der Waals surface area contributed by atoms with Crippen LogP contribution < -0.4 is 0 Å². The number of ether oxygens (including phenoxy) is 1. The monoisotopic (exact) mass is 190 g/mol. The van der Waals surface area contributed by atoms with Gasteiger partial charge in [0, 0.05) is 13.1 Å². The van der Waals surface area contributed by atoms with Crippen LogP contribution in [0, 0.1) is 5.41 Å². The van der Waals surface area contributed by atoms with E-state index in [1.54, 1.807) is 0 Å². The van der Waals surface area contributed by atoms with Crippen molar-refractivity contribution >= 4 is 6.02 Å². The lowest BCUT2D eigenvalue weighted by Crippen LogP contribution is -2.26. The van der Waals surface area contributed by atoms with Crippen LogP contribution in [-0.4, -0.2) is 17.5 Å². The van der Waals surface area contributed by atoms with Crippen LogP contribution >= 0.6 is 0 Å². The Morgan fingerprint density at radius 3 is 2.43 bits per heavy atom. The summed E-state index contributed by atoms with van der Waals surface area (Å²) in [5, 5.41) is 7.67. The lowest BCUT2D eigenvalue weighted by molar-refractivity contribution is 0.240. The van der Waals surface area contributed by atoms with Crippen LogP contribution in [0.4, 0.5) is 0 Å². The van der Waals surface area contributed by atoms with Gasteiger partial charge in [-0.2, -0.15) is 0 Å². The molecule has 0 saturated heterocycles. The summed E-state index contributed by atoms with van der Waals surface area (Å²) in [6.45, 7) is 4.06. The number of hydrogen-bond acceptors (Lipinski definition) is 2. The van der Waals surface area contributed by atoms with E-state index in [2.05, 4.69) is 12.1 Å². The predicted molar refractivity (Wildman–Crippen MR) is 55.0 cm³/mol. The molecule has 2 rings (SSSR count). The largest absolute Gasteiger partial charge is 0.466 e. The van der Waals surface area contributed by atoms with E-state index in [4.69, 9.17) is 10.1 Å². The summed E-state index contributed by atoms with van der Waals surface area (Å²) in [5.41, 5.74) is 2.61. The van der Waals surface area contributed by atoms with E-state index in [-0.39, 0.29) is 6.02 Å². The first-order chi connectivity index (χ1) is 6.81. The summed E-state index contributed by atoms with van der Waals surface area (Å²) < 4.78 is 5.17. The van der Waals surface area contributed by atoms with E-state index in [0.717, 1.165) is 13.1 Å². The number of nitrogens with one attached hydrogen (secondary N) is 1. The van der Waals surface area contributed by atoms with E-state index in [0.29, 0.717) is 6.61 Å². The fourth-order valence-corrected chi connectivity index (χ4v) is 1.70. The van der Waals surface area contributed by atoms with Gasteiger partial charge in [-0.25, -0.2) is 0 Å². The predicted octanol–water partition coefficient (Wildman–Crippen LogP) is 1.97. The molecule has 0 radical (unpaired) electrons. The van der Waals surface area contributed by atoms with Gasteiger partial charge < -0.3 is 9.64 Å². The minimum atomic E-state index is 0.281. The normalized spacial score (nSPS) is 13.9. The average Bonchev–Trinajstić information content (AvgIpc) is 2.61. The summed E-state index contributed by atoms with van der Waals surface area (Å²) in [6, 6.07) is 8.56. The molecule has 0 unspecified atom stereocenters. The molecule has 0 amide bonds. The van der Waals surface area contributed by atoms with Gasteiger partial charge in [0.05, 0.1) is 6.61 Å². The summed E-state index contributed by atoms with van der Waals surface area (Å²) in [5.74, 6) is 0. The molecule has 1 aliphatic heterocycles. The van der Waals surface area contributed by atoms with E-state index in [1.165, 1.54) is 11.1 Å². The standard InChI is InChI=1S/C11H14N2O/c1-2-14-11(12)13-7-9-5-3-4-6-10(9)8-13/h3-6,12H,2,7-8H2,1H3. The molecule has 1 N–H and O–H groups in total. The molecule has 1 aromatic rings. The molecule has 1 aliphatic rings. The van der Waals surface area contributed by atoms with E-state index in [1.807, 2.05) is 24.0 Å². The van der Waals surface area contributed by atoms with Crippen LogP contribution in [0.1, 0.15) is 18.1 Å². The van der Waals surface area contributed by atoms with Crippen molar-refractivity contribution in [2.24, 2.45) is 0 Å². The minimum absolute atomic E-state index is 0.281. The highest BCUT2D eigenvalue weighted by molar-refractivity contribution is 5.71. The van der Waals surface area contributed by atoms with Crippen molar-refractivity contribution in [3.8, 4) is 0 Å². The van der Waals surface area contributed by atoms with Crippen LogP contribution in [0.3, 0.4) is 0 Å². The molecule has 0 aliphatic carbocycles. The second kappa shape index (κ2) is 3.70. The van der Waals surface area contributed by atoms with Crippen molar-refractivity contribution in [3.63, 3.8) is 0 Å². The van der Waals surface area contributed by atoms with Crippen molar-refractivity contribution in [2.75, 3.05) is 6.61 Å². The van der Waals surface area contributed by atoms with Crippen LogP contribution in [0.25, 0.3) is 0 Å². The van der Waals surface area contributed by atoms with Crippen molar-refractivity contribution in [1.29, 1.82) is 5.41 Å². The smallest absolute Gasteiger partial charge is 0.284 e. The number of nitrogens with zero attached hydrogens (tertiary/aromatic N) is 1. The zero-order chi connectivity index (χ0) is 9.97. The molecule has 0 saturated carbocycles. The first-order valence-corrected chi connectivity index (χ1v) is 4.84. The molecule has 74 valence electrons. The highest BCUT2D eigenvalue weighted by atomic mass is 16.5. The van der Waals surface area contributed by atoms with Crippen molar-refractivity contribution in [2.45, 2.75) is 20.0 Å². The molecular formula is C11H14N2O. The van der Waals surface area contributed by atoms with Crippen LogP contribution in [-0.2, 0) is 17.8 Å². The molecule has 0 bridgehead atoms. The van der Waals surface area contributed by atoms with Gasteiger partial charge in [0.2, 0.25) is 0 Å². The fourth-order valence-electron chi connectivity index (χ4n) is 1.70.